The van der Waals surface area contributed by atoms with E-state index in [1.54, 1.807) is 13.8 Å². The first-order chi connectivity index (χ1) is 11.7. The molecule has 2 atom stereocenters. The van der Waals surface area contributed by atoms with Gasteiger partial charge in [0.15, 0.2) is 6.10 Å². The maximum atomic E-state index is 14.3. The number of nitrogens with zero attached hydrogens (tertiary/aromatic N) is 1. The molecule has 0 aromatic heterocycles. The first-order valence-electron chi connectivity index (χ1n) is 9.27. The molecule has 2 amide bonds. The Morgan fingerprint density at radius 1 is 1.04 bits per heavy atom. The summed E-state index contributed by atoms with van der Waals surface area (Å²) in [5.74, 6) is -4.01. The number of β-lactam (4-membered cyclic amide) rings is 1. The number of carbonyl (C=O) groups is 2. The fourth-order valence-electron chi connectivity index (χ4n) is 4.16. The highest BCUT2D eigenvalue weighted by Gasteiger charge is 2.64. The summed E-state index contributed by atoms with van der Waals surface area (Å²) in [5, 5.41) is 0. The molecule has 1 heterocycles. The lowest BCUT2D eigenvalue weighted by Crippen LogP contribution is -2.75. The van der Waals surface area contributed by atoms with Gasteiger partial charge >= 0.3 is 6.09 Å². The van der Waals surface area contributed by atoms with E-state index in [-0.39, 0.29) is 16.6 Å². The standard InChI is InChI=1S/C18H33F2NO4Si/c1-10(2)24-17(23)21-15(18(9,19)20)14(16(21)22)25-26(11(3)4,12(5)6)13(7)8/h10-15H,1-9H3. The van der Waals surface area contributed by atoms with Crippen LogP contribution in [0, 0.1) is 0 Å². The Hall–Kier alpha value is -1.02. The molecule has 2 unspecified atom stereocenters. The molecule has 1 fully saturated rings. The molecule has 0 N–H and O–H groups in total. The summed E-state index contributed by atoms with van der Waals surface area (Å²) in [4.78, 5) is 25.2. The van der Waals surface area contributed by atoms with Gasteiger partial charge in [-0.25, -0.2) is 18.5 Å². The number of hydrogen-bond donors (Lipinski definition) is 0. The van der Waals surface area contributed by atoms with Crippen molar-refractivity contribution < 1.29 is 27.5 Å². The molecule has 26 heavy (non-hydrogen) atoms. The van der Waals surface area contributed by atoms with Crippen molar-refractivity contribution in [1.82, 2.24) is 4.90 Å². The molecule has 1 saturated heterocycles. The number of ether oxygens (including phenoxy) is 1. The van der Waals surface area contributed by atoms with Crippen LogP contribution in [0.1, 0.15) is 62.3 Å². The largest absolute Gasteiger partial charge is 0.446 e. The quantitative estimate of drug-likeness (QED) is 0.453. The maximum absolute atomic E-state index is 14.3. The van der Waals surface area contributed by atoms with E-state index in [9.17, 15) is 18.4 Å². The molecule has 0 bridgehead atoms. The summed E-state index contributed by atoms with van der Waals surface area (Å²) < 4.78 is 39.7. The fourth-order valence-corrected chi connectivity index (χ4v) is 9.65. The van der Waals surface area contributed by atoms with Crippen LogP contribution in [0.2, 0.25) is 16.6 Å². The van der Waals surface area contributed by atoms with Crippen molar-refractivity contribution in [2.75, 3.05) is 0 Å². The highest BCUT2D eigenvalue weighted by atomic mass is 28.4. The van der Waals surface area contributed by atoms with E-state index in [0.717, 1.165) is 0 Å². The molecule has 1 aliphatic heterocycles. The number of carbonyl (C=O) groups excluding carboxylic acids is 2. The van der Waals surface area contributed by atoms with E-state index in [4.69, 9.17) is 9.16 Å². The van der Waals surface area contributed by atoms with Gasteiger partial charge in [-0.15, -0.1) is 0 Å². The molecule has 0 aliphatic carbocycles. The first-order valence-corrected chi connectivity index (χ1v) is 11.4. The number of imide groups is 1. The smallest absolute Gasteiger partial charge is 0.417 e. The maximum Gasteiger partial charge on any atom is 0.417 e. The SMILES string of the molecule is CC(C)OC(=O)N1C(=O)C(O[Si](C(C)C)(C(C)C)C(C)C)C1C(C)(F)F. The van der Waals surface area contributed by atoms with Crippen LogP contribution in [-0.2, 0) is 14.0 Å². The minimum absolute atomic E-state index is 0.137. The Morgan fingerprint density at radius 2 is 1.46 bits per heavy atom. The average Bonchev–Trinajstić information content (AvgIpc) is 2.41. The summed E-state index contributed by atoms with van der Waals surface area (Å²) in [6.45, 7) is 16.0. The van der Waals surface area contributed by atoms with Crippen LogP contribution in [-0.4, -0.2) is 49.4 Å². The van der Waals surface area contributed by atoms with Gasteiger partial charge in [-0.1, -0.05) is 41.5 Å². The topological polar surface area (TPSA) is 55.8 Å². The highest BCUT2D eigenvalue weighted by Crippen LogP contribution is 2.46. The summed E-state index contributed by atoms with van der Waals surface area (Å²) >= 11 is 0. The van der Waals surface area contributed by atoms with Crippen molar-refractivity contribution in [1.29, 1.82) is 0 Å². The van der Waals surface area contributed by atoms with Crippen molar-refractivity contribution in [2.24, 2.45) is 0 Å². The molecule has 5 nitrogen and oxygen atoms in total. The molecule has 0 aromatic rings. The number of amides is 2. The predicted octanol–water partition coefficient (Wildman–Crippen LogP) is 4.96. The van der Waals surface area contributed by atoms with Gasteiger partial charge in [0, 0.05) is 6.92 Å². The fraction of sp³-hybridized carbons (Fsp3) is 0.889. The molecule has 1 rings (SSSR count). The second-order valence-corrected chi connectivity index (χ2v) is 13.8. The van der Waals surface area contributed by atoms with Gasteiger partial charge in [-0.2, -0.15) is 0 Å². The number of halogens is 2. The van der Waals surface area contributed by atoms with Crippen LogP contribution in [0.25, 0.3) is 0 Å². The summed E-state index contributed by atoms with van der Waals surface area (Å²) in [6, 6.07) is -1.63. The lowest BCUT2D eigenvalue weighted by molar-refractivity contribution is -0.188. The second kappa shape index (κ2) is 7.92. The molecular weight excluding hydrogens is 360 g/mol. The van der Waals surface area contributed by atoms with E-state index < -0.39 is 44.5 Å². The molecule has 0 aromatic carbocycles. The van der Waals surface area contributed by atoms with E-state index in [0.29, 0.717) is 11.8 Å². The number of likely N-dealkylation sites (tertiary alicyclic amines) is 1. The van der Waals surface area contributed by atoms with Crippen molar-refractivity contribution in [2.45, 2.75) is 103 Å². The lowest BCUT2D eigenvalue weighted by atomic mass is 9.93. The Morgan fingerprint density at radius 3 is 1.77 bits per heavy atom. The first kappa shape index (κ1) is 23.0. The monoisotopic (exact) mass is 393 g/mol. The summed E-state index contributed by atoms with van der Waals surface area (Å²) in [5.41, 5.74) is 0.411. The zero-order valence-electron chi connectivity index (χ0n) is 17.3. The van der Waals surface area contributed by atoms with Crippen molar-refractivity contribution in [3.8, 4) is 0 Å². The van der Waals surface area contributed by atoms with Crippen LogP contribution < -0.4 is 0 Å². The van der Waals surface area contributed by atoms with Crippen LogP contribution >= 0.6 is 0 Å². The Labute approximate surface area is 156 Å². The Bertz CT molecular complexity index is 510. The van der Waals surface area contributed by atoms with Gasteiger partial charge in [0.1, 0.15) is 6.04 Å². The predicted molar refractivity (Wildman–Crippen MR) is 98.8 cm³/mol. The number of hydrogen-bond acceptors (Lipinski definition) is 4. The molecular formula is C18H33F2NO4Si. The minimum Gasteiger partial charge on any atom is -0.446 e. The Kier molecular flexibility index (Phi) is 7.01. The van der Waals surface area contributed by atoms with E-state index in [1.165, 1.54) is 0 Å². The van der Waals surface area contributed by atoms with Crippen molar-refractivity contribution >= 4 is 20.3 Å². The van der Waals surface area contributed by atoms with Gasteiger partial charge in [-0.05, 0) is 30.5 Å². The molecule has 0 spiro atoms. The van der Waals surface area contributed by atoms with Crippen LogP contribution in [0.15, 0.2) is 0 Å². The molecule has 1 aliphatic rings. The molecule has 0 radical (unpaired) electrons. The molecule has 8 heteroatoms. The summed E-state index contributed by atoms with van der Waals surface area (Å²) in [7, 11) is -2.55. The van der Waals surface area contributed by atoms with E-state index in [2.05, 4.69) is 0 Å². The highest BCUT2D eigenvalue weighted by molar-refractivity contribution is 6.77. The zero-order chi connectivity index (χ0) is 20.6. The van der Waals surface area contributed by atoms with Crippen LogP contribution in [0.4, 0.5) is 13.6 Å². The van der Waals surface area contributed by atoms with Gasteiger partial charge in [0.05, 0.1) is 6.10 Å². The third kappa shape index (κ3) is 4.11. The minimum atomic E-state index is -3.28. The summed E-state index contributed by atoms with van der Waals surface area (Å²) in [6.07, 6.45) is -2.85. The number of alkyl halides is 2. The van der Waals surface area contributed by atoms with Crippen LogP contribution in [0.5, 0.6) is 0 Å². The van der Waals surface area contributed by atoms with Gasteiger partial charge in [0.25, 0.3) is 11.8 Å². The third-order valence-corrected chi connectivity index (χ3v) is 11.2. The molecule has 0 saturated carbocycles. The average molecular weight is 394 g/mol. The molecule has 152 valence electrons. The van der Waals surface area contributed by atoms with E-state index >= 15 is 0 Å². The lowest BCUT2D eigenvalue weighted by Gasteiger charge is -2.52. The van der Waals surface area contributed by atoms with Crippen molar-refractivity contribution in [3.63, 3.8) is 0 Å². The van der Waals surface area contributed by atoms with Gasteiger partial charge in [0.2, 0.25) is 8.32 Å². The Balaban J connectivity index is 3.22. The van der Waals surface area contributed by atoms with Gasteiger partial charge in [-0.3, -0.25) is 4.79 Å². The van der Waals surface area contributed by atoms with E-state index in [1.807, 2.05) is 41.5 Å². The second-order valence-electron chi connectivity index (χ2n) is 8.40. The van der Waals surface area contributed by atoms with Crippen LogP contribution in [0.3, 0.4) is 0 Å². The van der Waals surface area contributed by atoms with Gasteiger partial charge < -0.3 is 9.16 Å². The third-order valence-electron chi connectivity index (χ3n) is 5.14. The number of rotatable bonds is 7. The zero-order valence-corrected chi connectivity index (χ0v) is 18.3. The normalized spacial score (nSPS) is 21.8. The van der Waals surface area contributed by atoms with Crippen molar-refractivity contribution in [3.05, 3.63) is 0 Å².